The Hall–Kier alpha value is -4.37. The smallest absolute Gasteiger partial charge is 0.387 e. The number of aryl methyl sites for hydroxylation is 1. The molecule has 0 aliphatic heterocycles. The molecular formula is C26H17ClF2N4O3. The van der Waals surface area contributed by atoms with Crippen LogP contribution in [-0.2, 0) is 7.05 Å². The van der Waals surface area contributed by atoms with E-state index in [2.05, 4.69) is 9.84 Å². The summed E-state index contributed by atoms with van der Waals surface area (Å²) in [6.07, 6.45) is 1.84. The number of benzene rings is 3. The van der Waals surface area contributed by atoms with Gasteiger partial charge in [0.05, 0.1) is 16.8 Å². The summed E-state index contributed by atoms with van der Waals surface area (Å²) in [4.78, 5) is 14.1. The summed E-state index contributed by atoms with van der Waals surface area (Å²) >= 11 is 6.25. The number of rotatable bonds is 4. The van der Waals surface area contributed by atoms with Crippen LogP contribution in [0.25, 0.3) is 49.8 Å². The number of furan rings is 1. The fourth-order valence-corrected chi connectivity index (χ4v) is 4.68. The second kappa shape index (κ2) is 8.10. The number of hydrogen-bond acceptors (Lipinski definition) is 5. The zero-order chi connectivity index (χ0) is 25.1. The minimum Gasteiger partial charge on any atom is -0.452 e. The number of ether oxygens (including phenoxy) is 1. The lowest BCUT2D eigenvalue weighted by Gasteiger charge is -2.14. The minimum absolute atomic E-state index is 0.0316. The van der Waals surface area contributed by atoms with Crippen LogP contribution >= 0.6 is 11.6 Å². The van der Waals surface area contributed by atoms with Gasteiger partial charge in [0.2, 0.25) is 0 Å². The van der Waals surface area contributed by atoms with Crippen LogP contribution in [0.5, 0.6) is 5.75 Å². The average Bonchev–Trinajstić information content (AvgIpc) is 3.39. The Morgan fingerprint density at radius 1 is 1.08 bits per heavy atom. The Morgan fingerprint density at radius 2 is 1.86 bits per heavy atom. The first kappa shape index (κ1) is 22.1. The number of aromatic nitrogens is 3. The third-order valence-corrected chi connectivity index (χ3v) is 6.24. The number of pyridine rings is 1. The van der Waals surface area contributed by atoms with E-state index in [0.717, 1.165) is 10.9 Å². The van der Waals surface area contributed by atoms with Crippen molar-refractivity contribution in [2.45, 2.75) is 6.61 Å². The second-order valence-corrected chi connectivity index (χ2v) is 8.73. The molecule has 3 aromatic heterocycles. The first-order chi connectivity index (χ1) is 17.3. The second-order valence-electron chi connectivity index (χ2n) is 8.30. The van der Waals surface area contributed by atoms with Crippen LogP contribution < -0.4 is 16.0 Å². The summed E-state index contributed by atoms with van der Waals surface area (Å²) in [6.45, 7) is -2.96. The van der Waals surface area contributed by atoms with E-state index in [4.69, 9.17) is 21.8 Å². The lowest BCUT2D eigenvalue weighted by molar-refractivity contribution is -0.0498. The van der Waals surface area contributed by atoms with Gasteiger partial charge in [0.25, 0.3) is 5.56 Å². The highest BCUT2D eigenvalue weighted by Gasteiger charge is 2.23. The molecule has 3 heterocycles. The third kappa shape index (κ3) is 3.47. The van der Waals surface area contributed by atoms with Crippen molar-refractivity contribution in [1.29, 1.82) is 0 Å². The molecule has 0 aliphatic carbocycles. The van der Waals surface area contributed by atoms with Gasteiger partial charge in [-0.3, -0.25) is 14.0 Å². The van der Waals surface area contributed by atoms with Crippen molar-refractivity contribution in [2.75, 3.05) is 5.73 Å². The molecule has 6 aromatic rings. The van der Waals surface area contributed by atoms with E-state index in [1.807, 2.05) is 25.4 Å². The number of nitrogen functional groups attached to an aromatic ring is 1. The van der Waals surface area contributed by atoms with Gasteiger partial charge >= 0.3 is 6.61 Å². The van der Waals surface area contributed by atoms with Gasteiger partial charge in [0.1, 0.15) is 16.8 Å². The van der Waals surface area contributed by atoms with Crippen molar-refractivity contribution in [1.82, 2.24) is 14.3 Å². The number of fused-ring (bicyclic) bond motifs is 4. The lowest BCUT2D eigenvalue weighted by atomic mass is 10.0. The van der Waals surface area contributed by atoms with Crippen LogP contribution in [0.15, 0.2) is 76.1 Å². The maximum atomic E-state index is 14.1. The van der Waals surface area contributed by atoms with Crippen molar-refractivity contribution in [3.63, 3.8) is 0 Å². The van der Waals surface area contributed by atoms with Gasteiger partial charge in [0.15, 0.2) is 5.58 Å². The Labute approximate surface area is 206 Å². The fraction of sp³-hybridized carbons (Fsp3) is 0.0769. The summed E-state index contributed by atoms with van der Waals surface area (Å²) < 4.78 is 39.0. The molecule has 0 unspecified atom stereocenters. The first-order valence-corrected chi connectivity index (χ1v) is 11.2. The van der Waals surface area contributed by atoms with Gasteiger partial charge in [-0.05, 0) is 60.2 Å². The van der Waals surface area contributed by atoms with E-state index in [9.17, 15) is 13.6 Å². The van der Waals surface area contributed by atoms with Gasteiger partial charge in [-0.15, -0.1) is 0 Å². The molecule has 0 radical (unpaired) electrons. The molecule has 36 heavy (non-hydrogen) atoms. The Balaban J connectivity index is 1.69. The normalized spacial score (nSPS) is 11.8. The van der Waals surface area contributed by atoms with Crippen LogP contribution in [0.4, 0.5) is 14.5 Å². The molecule has 0 amide bonds. The van der Waals surface area contributed by atoms with Crippen molar-refractivity contribution >= 4 is 50.3 Å². The van der Waals surface area contributed by atoms with E-state index in [-0.39, 0.29) is 17.0 Å². The highest BCUT2D eigenvalue weighted by Crippen LogP contribution is 2.38. The molecule has 6 rings (SSSR count). The van der Waals surface area contributed by atoms with E-state index in [1.165, 1.54) is 28.8 Å². The van der Waals surface area contributed by atoms with Gasteiger partial charge in [0, 0.05) is 34.7 Å². The molecule has 0 saturated carbocycles. The average molecular weight is 507 g/mol. The monoisotopic (exact) mass is 506 g/mol. The number of hydrogen-bond donors (Lipinski definition) is 1. The lowest BCUT2D eigenvalue weighted by Crippen LogP contribution is -2.22. The van der Waals surface area contributed by atoms with Crippen molar-refractivity contribution < 1.29 is 17.9 Å². The molecule has 0 fully saturated rings. The van der Waals surface area contributed by atoms with Crippen LogP contribution in [0, 0.1) is 0 Å². The summed E-state index contributed by atoms with van der Waals surface area (Å²) in [5.74, 6) is -0.0316. The van der Waals surface area contributed by atoms with E-state index in [0.29, 0.717) is 38.3 Å². The summed E-state index contributed by atoms with van der Waals surface area (Å²) in [6, 6.07) is 16.3. The van der Waals surface area contributed by atoms with Crippen LogP contribution in [-0.4, -0.2) is 21.0 Å². The quantitative estimate of drug-likeness (QED) is 0.311. The predicted molar refractivity (Wildman–Crippen MR) is 135 cm³/mol. The van der Waals surface area contributed by atoms with Crippen LogP contribution in [0.3, 0.4) is 0 Å². The summed E-state index contributed by atoms with van der Waals surface area (Å²) in [7, 11) is 1.81. The van der Waals surface area contributed by atoms with E-state index < -0.39 is 12.2 Å². The van der Waals surface area contributed by atoms with Gasteiger partial charge in [-0.2, -0.15) is 13.9 Å². The molecule has 2 N–H and O–H groups in total. The van der Waals surface area contributed by atoms with Gasteiger partial charge in [-0.25, -0.2) is 0 Å². The van der Waals surface area contributed by atoms with Crippen LogP contribution in [0.2, 0.25) is 5.02 Å². The Bertz CT molecular complexity index is 1860. The van der Waals surface area contributed by atoms with Gasteiger partial charge < -0.3 is 14.9 Å². The van der Waals surface area contributed by atoms with E-state index in [1.54, 1.807) is 28.9 Å². The zero-order valence-corrected chi connectivity index (χ0v) is 19.5. The van der Waals surface area contributed by atoms with E-state index >= 15 is 0 Å². The molecule has 0 atom stereocenters. The van der Waals surface area contributed by atoms with Crippen LogP contribution in [0.1, 0.15) is 0 Å². The summed E-state index contributed by atoms with van der Waals surface area (Å²) in [5, 5.41) is 6.26. The molecule has 7 nitrogen and oxygen atoms in total. The van der Waals surface area contributed by atoms with Crippen molar-refractivity contribution in [3.05, 3.63) is 82.2 Å². The standard InChI is InChI=1S/C26H17ClF2N4O3/c1-32-12-14-10-13(2-8-19(14)31-32)21-22(30)24-23(18-11-15(27)3-9-20(18)36-24)33(25(21)34)16-4-6-17(7-5-16)35-26(28)29/h2-12,26H,30H2,1H3. The van der Waals surface area contributed by atoms with Crippen molar-refractivity contribution in [3.8, 4) is 22.6 Å². The minimum atomic E-state index is -2.96. The summed E-state index contributed by atoms with van der Waals surface area (Å²) in [5.41, 5.74) is 9.57. The number of anilines is 1. The molecule has 0 bridgehead atoms. The molecular weight excluding hydrogens is 490 g/mol. The molecule has 180 valence electrons. The fourth-order valence-electron chi connectivity index (χ4n) is 4.51. The molecule has 0 aliphatic rings. The predicted octanol–water partition coefficient (Wildman–Crippen LogP) is 6.13. The third-order valence-electron chi connectivity index (χ3n) is 6.01. The zero-order valence-electron chi connectivity index (χ0n) is 18.7. The molecule has 10 heteroatoms. The maximum Gasteiger partial charge on any atom is 0.387 e. The maximum absolute atomic E-state index is 14.1. The molecule has 3 aromatic carbocycles. The molecule has 0 saturated heterocycles. The van der Waals surface area contributed by atoms with Crippen molar-refractivity contribution in [2.24, 2.45) is 7.05 Å². The van der Waals surface area contributed by atoms with Gasteiger partial charge in [-0.1, -0.05) is 17.7 Å². The Kier molecular flexibility index (Phi) is 4.97. The number of halogens is 3. The Morgan fingerprint density at radius 3 is 2.61 bits per heavy atom. The number of alkyl halides is 2. The SMILES string of the molecule is Cn1cc2cc(-c3c(N)c4oc5ccc(Cl)cc5c4n(-c4ccc(OC(F)F)cc4)c3=O)ccc2n1. The highest BCUT2D eigenvalue weighted by molar-refractivity contribution is 6.31. The highest BCUT2D eigenvalue weighted by atomic mass is 35.5. The topological polar surface area (TPSA) is 88.2 Å². The number of nitrogens with zero attached hydrogens (tertiary/aromatic N) is 3. The largest absolute Gasteiger partial charge is 0.452 e. The molecule has 0 spiro atoms. The number of nitrogens with two attached hydrogens (primary N) is 1. The first-order valence-electron chi connectivity index (χ1n) is 10.9.